The van der Waals surface area contributed by atoms with E-state index in [0.29, 0.717) is 6.01 Å². The van der Waals surface area contributed by atoms with Gasteiger partial charge in [-0.1, -0.05) is 12.1 Å². The van der Waals surface area contributed by atoms with Gasteiger partial charge in [0.05, 0.1) is 5.71 Å². The highest BCUT2D eigenvalue weighted by Gasteiger charge is 2.03. The second-order valence-corrected chi connectivity index (χ2v) is 4.03. The van der Waals surface area contributed by atoms with Crippen LogP contribution in [0.25, 0.3) is 11.1 Å². The highest BCUT2D eigenvalue weighted by Crippen LogP contribution is 2.18. The number of para-hydroxylation sites is 2. The lowest BCUT2D eigenvalue weighted by atomic mass is 10.2. The van der Waals surface area contributed by atoms with E-state index in [1.54, 1.807) is 12.4 Å². The van der Waals surface area contributed by atoms with Crippen LogP contribution >= 0.6 is 0 Å². The minimum absolute atomic E-state index is 0.384. The Morgan fingerprint density at radius 2 is 1.95 bits per heavy atom. The molecular formula is C14H12N4O. The van der Waals surface area contributed by atoms with Gasteiger partial charge in [0.2, 0.25) is 0 Å². The number of hydrogen-bond acceptors (Lipinski definition) is 5. The van der Waals surface area contributed by atoms with Crippen molar-refractivity contribution in [3.8, 4) is 0 Å². The van der Waals surface area contributed by atoms with Crippen LogP contribution in [-0.2, 0) is 0 Å². The Bertz CT molecular complexity index is 685. The molecule has 0 bridgehead atoms. The highest BCUT2D eigenvalue weighted by atomic mass is 16.4. The lowest BCUT2D eigenvalue weighted by Gasteiger charge is -1.99. The molecule has 3 aromatic rings. The van der Waals surface area contributed by atoms with Crippen molar-refractivity contribution >= 4 is 22.8 Å². The maximum absolute atomic E-state index is 5.51. The van der Waals surface area contributed by atoms with Gasteiger partial charge in [0.15, 0.2) is 5.58 Å². The maximum Gasteiger partial charge on any atom is 0.316 e. The molecule has 2 aromatic heterocycles. The van der Waals surface area contributed by atoms with E-state index in [1.807, 2.05) is 43.3 Å². The zero-order valence-corrected chi connectivity index (χ0v) is 10.4. The lowest BCUT2D eigenvalue weighted by molar-refractivity contribution is 0.617. The monoisotopic (exact) mass is 252 g/mol. The topological polar surface area (TPSA) is 63.3 Å². The van der Waals surface area contributed by atoms with Crippen molar-refractivity contribution in [2.75, 3.05) is 5.43 Å². The minimum atomic E-state index is 0.384. The van der Waals surface area contributed by atoms with Crippen molar-refractivity contribution in [1.29, 1.82) is 0 Å². The SMILES string of the molecule is C/C(=N\Nc1nc2ccccc2o1)c1ccncc1. The number of fused-ring (bicyclic) bond motifs is 1. The summed E-state index contributed by atoms with van der Waals surface area (Å²) in [5.74, 6) is 0. The predicted molar refractivity (Wildman–Crippen MR) is 74.1 cm³/mol. The molecule has 94 valence electrons. The Morgan fingerprint density at radius 1 is 1.16 bits per heavy atom. The molecule has 0 aliphatic heterocycles. The van der Waals surface area contributed by atoms with E-state index in [9.17, 15) is 0 Å². The van der Waals surface area contributed by atoms with Gasteiger partial charge >= 0.3 is 6.01 Å². The number of aromatic nitrogens is 2. The second-order valence-electron chi connectivity index (χ2n) is 4.03. The fraction of sp³-hybridized carbons (Fsp3) is 0.0714. The third kappa shape index (κ3) is 2.44. The van der Waals surface area contributed by atoms with Crippen LogP contribution in [0.4, 0.5) is 6.01 Å². The van der Waals surface area contributed by atoms with Crippen LogP contribution in [0.3, 0.4) is 0 Å². The van der Waals surface area contributed by atoms with Crippen molar-refractivity contribution in [1.82, 2.24) is 9.97 Å². The number of anilines is 1. The summed E-state index contributed by atoms with van der Waals surface area (Å²) in [6, 6.07) is 11.8. The molecule has 1 aromatic carbocycles. The van der Waals surface area contributed by atoms with Gasteiger partial charge < -0.3 is 4.42 Å². The molecule has 0 radical (unpaired) electrons. The number of hydrazone groups is 1. The normalized spacial score (nSPS) is 11.7. The van der Waals surface area contributed by atoms with Crippen molar-refractivity contribution in [2.45, 2.75) is 6.92 Å². The molecule has 0 aliphatic rings. The standard InChI is InChI=1S/C14H12N4O/c1-10(11-6-8-15-9-7-11)17-18-14-16-12-4-2-3-5-13(12)19-14/h2-9H,1H3,(H,16,18)/b17-10+. The number of benzene rings is 1. The molecule has 2 heterocycles. The first-order valence-electron chi connectivity index (χ1n) is 5.89. The van der Waals surface area contributed by atoms with Gasteiger partial charge in [0.1, 0.15) is 5.52 Å². The Morgan fingerprint density at radius 3 is 2.74 bits per heavy atom. The van der Waals surface area contributed by atoms with Crippen LogP contribution in [0.5, 0.6) is 0 Å². The summed E-state index contributed by atoms with van der Waals surface area (Å²) in [5.41, 5.74) is 6.20. The van der Waals surface area contributed by atoms with Crippen molar-refractivity contribution in [2.24, 2.45) is 5.10 Å². The first-order chi connectivity index (χ1) is 9.33. The number of oxazole rings is 1. The first kappa shape index (κ1) is 11.4. The molecule has 0 spiro atoms. The van der Waals surface area contributed by atoms with E-state index in [0.717, 1.165) is 22.4 Å². The van der Waals surface area contributed by atoms with Crippen molar-refractivity contribution < 1.29 is 4.42 Å². The molecule has 0 saturated heterocycles. The Hall–Kier alpha value is -2.69. The average Bonchev–Trinajstić information content (AvgIpc) is 2.88. The van der Waals surface area contributed by atoms with Gasteiger partial charge in [-0.15, -0.1) is 0 Å². The molecule has 0 aliphatic carbocycles. The molecule has 0 atom stereocenters. The second kappa shape index (κ2) is 4.89. The Balaban J connectivity index is 1.82. The summed E-state index contributed by atoms with van der Waals surface area (Å²) in [6.07, 6.45) is 3.46. The Kier molecular flexibility index (Phi) is 2.94. The number of pyridine rings is 1. The average molecular weight is 252 g/mol. The Labute approximate surface area is 110 Å². The molecule has 5 nitrogen and oxygen atoms in total. The zero-order chi connectivity index (χ0) is 13.1. The number of rotatable bonds is 3. The predicted octanol–water partition coefficient (Wildman–Crippen LogP) is 3.06. The van der Waals surface area contributed by atoms with Crippen LogP contribution in [-0.4, -0.2) is 15.7 Å². The van der Waals surface area contributed by atoms with Crippen molar-refractivity contribution in [3.63, 3.8) is 0 Å². The van der Waals surface area contributed by atoms with Gasteiger partial charge in [-0.2, -0.15) is 10.1 Å². The summed E-state index contributed by atoms with van der Waals surface area (Å²) in [4.78, 5) is 8.25. The number of hydrogen-bond donors (Lipinski definition) is 1. The molecule has 3 rings (SSSR count). The van der Waals surface area contributed by atoms with Crippen LogP contribution < -0.4 is 5.43 Å². The number of nitrogens with zero attached hydrogens (tertiary/aromatic N) is 3. The molecule has 0 amide bonds. The third-order valence-corrected chi connectivity index (χ3v) is 2.71. The lowest BCUT2D eigenvalue weighted by Crippen LogP contribution is -1.99. The van der Waals surface area contributed by atoms with E-state index in [2.05, 4.69) is 20.5 Å². The fourth-order valence-corrected chi connectivity index (χ4v) is 1.71. The zero-order valence-electron chi connectivity index (χ0n) is 10.4. The molecule has 0 fully saturated rings. The van der Waals surface area contributed by atoms with Crippen LogP contribution in [0.2, 0.25) is 0 Å². The van der Waals surface area contributed by atoms with Gasteiger partial charge in [-0.25, -0.2) is 5.43 Å². The van der Waals surface area contributed by atoms with Crippen LogP contribution in [0.1, 0.15) is 12.5 Å². The van der Waals surface area contributed by atoms with Crippen LogP contribution in [0, 0.1) is 0 Å². The molecule has 1 N–H and O–H groups in total. The minimum Gasteiger partial charge on any atom is -0.422 e. The highest BCUT2D eigenvalue weighted by molar-refractivity contribution is 5.98. The molecule has 5 heteroatoms. The smallest absolute Gasteiger partial charge is 0.316 e. The van der Waals surface area contributed by atoms with E-state index >= 15 is 0 Å². The van der Waals surface area contributed by atoms with Crippen molar-refractivity contribution in [3.05, 3.63) is 54.4 Å². The summed E-state index contributed by atoms with van der Waals surface area (Å²) >= 11 is 0. The van der Waals surface area contributed by atoms with E-state index in [-0.39, 0.29) is 0 Å². The van der Waals surface area contributed by atoms with E-state index < -0.39 is 0 Å². The quantitative estimate of drug-likeness (QED) is 0.574. The largest absolute Gasteiger partial charge is 0.422 e. The van der Waals surface area contributed by atoms with Crippen LogP contribution in [0.15, 0.2) is 58.3 Å². The fourth-order valence-electron chi connectivity index (χ4n) is 1.71. The van der Waals surface area contributed by atoms with E-state index in [4.69, 9.17) is 4.42 Å². The summed E-state index contributed by atoms with van der Waals surface area (Å²) < 4.78 is 5.51. The molecule has 0 unspecified atom stereocenters. The maximum atomic E-state index is 5.51. The van der Waals surface area contributed by atoms with Gasteiger partial charge in [0.25, 0.3) is 0 Å². The third-order valence-electron chi connectivity index (χ3n) is 2.71. The summed E-state index contributed by atoms with van der Waals surface area (Å²) in [7, 11) is 0. The first-order valence-corrected chi connectivity index (χ1v) is 5.89. The van der Waals surface area contributed by atoms with Gasteiger partial charge in [-0.3, -0.25) is 4.98 Å². The molecule has 0 saturated carbocycles. The van der Waals surface area contributed by atoms with Gasteiger partial charge in [-0.05, 0) is 31.2 Å². The van der Waals surface area contributed by atoms with Gasteiger partial charge in [0, 0.05) is 18.0 Å². The summed E-state index contributed by atoms with van der Waals surface area (Å²) in [6.45, 7) is 1.91. The summed E-state index contributed by atoms with van der Waals surface area (Å²) in [5, 5.41) is 4.24. The number of nitrogens with one attached hydrogen (secondary N) is 1. The molecular weight excluding hydrogens is 240 g/mol. The molecule has 19 heavy (non-hydrogen) atoms. The van der Waals surface area contributed by atoms with E-state index in [1.165, 1.54) is 0 Å².